The summed E-state index contributed by atoms with van der Waals surface area (Å²) >= 11 is 0. The number of alkyl halides is 2. The fraction of sp³-hybridized carbons (Fsp3) is 0.364. The third-order valence-electron chi connectivity index (χ3n) is 2.06. The largest absolute Gasteiger partial charge is 0.298 e. The molecule has 0 aliphatic carbocycles. The normalized spacial score (nSPS) is 12.5. The third-order valence-corrected chi connectivity index (χ3v) is 2.06. The predicted molar refractivity (Wildman–Crippen MR) is 53.4 cm³/mol. The van der Waals surface area contributed by atoms with Crippen molar-refractivity contribution in [1.29, 1.82) is 5.26 Å². The highest BCUT2D eigenvalue weighted by molar-refractivity contribution is 5.28. The molecule has 0 bridgehead atoms. The minimum atomic E-state index is -2.46. The SMILES string of the molecule is CCNC(C#N)c1ccc(C(F)F)cc1. The molecular formula is C11H12F2N2. The van der Waals surface area contributed by atoms with Gasteiger partial charge < -0.3 is 0 Å². The molecule has 80 valence electrons. The van der Waals surface area contributed by atoms with Crippen molar-refractivity contribution in [2.45, 2.75) is 19.4 Å². The molecule has 15 heavy (non-hydrogen) atoms. The molecule has 1 aromatic carbocycles. The van der Waals surface area contributed by atoms with Gasteiger partial charge in [-0.25, -0.2) is 8.78 Å². The standard InChI is InChI=1S/C11H12F2N2/c1-2-15-10(7-14)8-3-5-9(6-4-8)11(12)13/h3-6,10-11,15H,2H2,1H3. The van der Waals surface area contributed by atoms with Crippen molar-refractivity contribution in [3.63, 3.8) is 0 Å². The first kappa shape index (κ1) is 11.6. The Hall–Kier alpha value is -1.47. The first-order valence-electron chi connectivity index (χ1n) is 4.70. The van der Waals surface area contributed by atoms with Crippen molar-refractivity contribution in [3.8, 4) is 6.07 Å². The number of hydrogen-bond acceptors (Lipinski definition) is 2. The number of rotatable bonds is 4. The van der Waals surface area contributed by atoms with Gasteiger partial charge in [0.2, 0.25) is 0 Å². The zero-order valence-corrected chi connectivity index (χ0v) is 8.37. The molecule has 2 nitrogen and oxygen atoms in total. The minimum Gasteiger partial charge on any atom is -0.298 e. The predicted octanol–water partition coefficient (Wildman–Crippen LogP) is 2.80. The number of nitrogens with one attached hydrogen (secondary N) is 1. The number of nitrogens with zero attached hydrogens (tertiary/aromatic N) is 1. The Morgan fingerprint density at radius 1 is 1.27 bits per heavy atom. The van der Waals surface area contributed by atoms with Crippen molar-refractivity contribution in [2.75, 3.05) is 6.54 Å². The highest BCUT2D eigenvalue weighted by atomic mass is 19.3. The second-order valence-corrected chi connectivity index (χ2v) is 3.09. The van der Waals surface area contributed by atoms with E-state index in [4.69, 9.17) is 5.26 Å². The average Bonchev–Trinajstić information content (AvgIpc) is 2.26. The summed E-state index contributed by atoms with van der Waals surface area (Å²) in [7, 11) is 0. The Morgan fingerprint density at radius 3 is 2.20 bits per heavy atom. The smallest absolute Gasteiger partial charge is 0.263 e. The van der Waals surface area contributed by atoms with Crippen LogP contribution in [0, 0.1) is 11.3 Å². The zero-order chi connectivity index (χ0) is 11.3. The quantitative estimate of drug-likeness (QED) is 0.829. The number of nitriles is 1. The van der Waals surface area contributed by atoms with Crippen LogP contribution >= 0.6 is 0 Å². The van der Waals surface area contributed by atoms with Gasteiger partial charge in [-0.2, -0.15) is 5.26 Å². The van der Waals surface area contributed by atoms with E-state index >= 15 is 0 Å². The molecule has 1 unspecified atom stereocenters. The Morgan fingerprint density at radius 2 is 1.80 bits per heavy atom. The van der Waals surface area contributed by atoms with Gasteiger partial charge in [0.1, 0.15) is 6.04 Å². The molecule has 1 atom stereocenters. The summed E-state index contributed by atoms with van der Waals surface area (Å²) in [5.74, 6) is 0. The van der Waals surface area contributed by atoms with Crippen molar-refractivity contribution < 1.29 is 8.78 Å². The highest BCUT2D eigenvalue weighted by Crippen LogP contribution is 2.20. The van der Waals surface area contributed by atoms with Crippen molar-refractivity contribution in [1.82, 2.24) is 5.32 Å². The molecule has 0 radical (unpaired) electrons. The maximum Gasteiger partial charge on any atom is 0.263 e. The van der Waals surface area contributed by atoms with E-state index in [2.05, 4.69) is 11.4 Å². The fourth-order valence-electron chi connectivity index (χ4n) is 1.28. The van der Waals surface area contributed by atoms with Crippen LogP contribution in [0.4, 0.5) is 8.78 Å². The molecule has 1 rings (SSSR count). The van der Waals surface area contributed by atoms with Crippen LogP contribution in [0.5, 0.6) is 0 Å². The second kappa shape index (κ2) is 5.42. The molecule has 0 heterocycles. The molecule has 0 amide bonds. The first-order chi connectivity index (χ1) is 7.19. The molecule has 0 spiro atoms. The summed E-state index contributed by atoms with van der Waals surface area (Å²) in [5, 5.41) is 11.8. The van der Waals surface area contributed by atoms with E-state index < -0.39 is 12.5 Å². The number of hydrogen-bond donors (Lipinski definition) is 1. The summed E-state index contributed by atoms with van der Waals surface area (Å²) in [6.45, 7) is 2.55. The van der Waals surface area contributed by atoms with Gasteiger partial charge >= 0.3 is 0 Å². The molecule has 4 heteroatoms. The summed E-state index contributed by atoms with van der Waals surface area (Å²) in [6, 6.07) is 7.45. The van der Waals surface area contributed by atoms with Gasteiger partial charge in [-0.05, 0) is 12.1 Å². The van der Waals surface area contributed by atoms with Crippen LogP contribution < -0.4 is 5.32 Å². The van der Waals surface area contributed by atoms with E-state index in [-0.39, 0.29) is 5.56 Å². The van der Waals surface area contributed by atoms with Gasteiger partial charge in [0.15, 0.2) is 0 Å². The van der Waals surface area contributed by atoms with E-state index in [1.165, 1.54) is 12.1 Å². The molecule has 1 N–H and O–H groups in total. The van der Waals surface area contributed by atoms with Crippen molar-refractivity contribution >= 4 is 0 Å². The van der Waals surface area contributed by atoms with Crippen LogP contribution in [0.2, 0.25) is 0 Å². The summed E-state index contributed by atoms with van der Waals surface area (Å²) in [6.07, 6.45) is -2.46. The lowest BCUT2D eigenvalue weighted by Crippen LogP contribution is -2.19. The maximum absolute atomic E-state index is 12.2. The number of benzene rings is 1. The molecule has 1 aromatic rings. The van der Waals surface area contributed by atoms with Crippen LogP contribution in [0.25, 0.3) is 0 Å². The van der Waals surface area contributed by atoms with Crippen LogP contribution in [-0.4, -0.2) is 6.54 Å². The third kappa shape index (κ3) is 3.00. The van der Waals surface area contributed by atoms with Crippen LogP contribution in [-0.2, 0) is 0 Å². The Kier molecular flexibility index (Phi) is 4.19. The number of halogens is 2. The lowest BCUT2D eigenvalue weighted by atomic mass is 10.1. The van der Waals surface area contributed by atoms with Crippen molar-refractivity contribution in [3.05, 3.63) is 35.4 Å². The fourth-order valence-corrected chi connectivity index (χ4v) is 1.28. The van der Waals surface area contributed by atoms with Gasteiger partial charge in [0.05, 0.1) is 6.07 Å². The molecule has 0 saturated heterocycles. The van der Waals surface area contributed by atoms with E-state index in [1.54, 1.807) is 12.1 Å². The maximum atomic E-state index is 12.2. The summed E-state index contributed by atoms with van der Waals surface area (Å²) < 4.78 is 24.5. The Bertz CT molecular complexity index is 341. The molecule has 0 fully saturated rings. The van der Waals surface area contributed by atoms with Crippen LogP contribution in [0.15, 0.2) is 24.3 Å². The van der Waals surface area contributed by atoms with E-state index in [1.807, 2.05) is 6.92 Å². The lowest BCUT2D eigenvalue weighted by molar-refractivity contribution is 0.151. The molecule has 0 aromatic heterocycles. The average molecular weight is 210 g/mol. The van der Waals surface area contributed by atoms with E-state index in [0.717, 1.165) is 0 Å². The minimum absolute atomic E-state index is 0.0214. The van der Waals surface area contributed by atoms with Crippen molar-refractivity contribution in [2.24, 2.45) is 0 Å². The topological polar surface area (TPSA) is 35.8 Å². The molecular weight excluding hydrogens is 198 g/mol. The van der Waals surface area contributed by atoms with Gasteiger partial charge in [0, 0.05) is 5.56 Å². The van der Waals surface area contributed by atoms with E-state index in [9.17, 15) is 8.78 Å². The second-order valence-electron chi connectivity index (χ2n) is 3.09. The Labute approximate surface area is 87.5 Å². The summed E-state index contributed by atoms with van der Waals surface area (Å²) in [5.41, 5.74) is 0.690. The molecule has 0 aliphatic heterocycles. The summed E-state index contributed by atoms with van der Waals surface area (Å²) in [4.78, 5) is 0. The van der Waals surface area contributed by atoms with Gasteiger partial charge in [-0.3, -0.25) is 5.32 Å². The highest BCUT2D eigenvalue weighted by Gasteiger charge is 2.10. The van der Waals surface area contributed by atoms with E-state index in [0.29, 0.717) is 12.1 Å². The van der Waals surface area contributed by atoms with Crippen LogP contribution in [0.3, 0.4) is 0 Å². The Balaban J connectivity index is 2.83. The van der Waals surface area contributed by atoms with Gasteiger partial charge in [-0.15, -0.1) is 0 Å². The van der Waals surface area contributed by atoms with Gasteiger partial charge in [-0.1, -0.05) is 31.2 Å². The van der Waals surface area contributed by atoms with Crippen LogP contribution in [0.1, 0.15) is 30.5 Å². The molecule has 0 aliphatic rings. The zero-order valence-electron chi connectivity index (χ0n) is 8.37. The lowest BCUT2D eigenvalue weighted by Gasteiger charge is -2.10. The molecule has 0 saturated carbocycles. The monoisotopic (exact) mass is 210 g/mol. The first-order valence-corrected chi connectivity index (χ1v) is 4.70. The van der Waals surface area contributed by atoms with Gasteiger partial charge in [0.25, 0.3) is 6.43 Å².